The minimum Gasteiger partial charge on any atom is -0.391 e. The van der Waals surface area contributed by atoms with Gasteiger partial charge in [-0.05, 0) is 12.8 Å². The normalized spacial score (nSPS) is 23.5. The summed E-state index contributed by atoms with van der Waals surface area (Å²) in [5, 5.41) is 19.4. The van der Waals surface area contributed by atoms with Crippen molar-refractivity contribution in [1.82, 2.24) is 14.9 Å². The molecule has 0 bridgehead atoms. The van der Waals surface area contributed by atoms with Gasteiger partial charge in [0.2, 0.25) is 15.4 Å². The van der Waals surface area contributed by atoms with Gasteiger partial charge in [-0.15, -0.1) is 10.2 Å². The predicted octanol–water partition coefficient (Wildman–Crippen LogP) is 0.0783. The lowest BCUT2D eigenvalue weighted by Gasteiger charge is -2.27. The monoisotopic (exact) mass is 320 g/mol. The van der Waals surface area contributed by atoms with E-state index in [2.05, 4.69) is 20.2 Å². The van der Waals surface area contributed by atoms with Gasteiger partial charge in [-0.25, -0.2) is 13.1 Å². The fourth-order valence-corrected chi connectivity index (χ4v) is 4.28. The molecule has 1 fully saturated rings. The first kappa shape index (κ1) is 15.3. The van der Waals surface area contributed by atoms with E-state index >= 15 is 0 Å². The lowest BCUT2D eigenvalue weighted by molar-refractivity contribution is -0.114. The number of carbonyl (C=O) groups excluding carboxylic acids is 1. The molecule has 8 nitrogen and oxygen atoms in total. The van der Waals surface area contributed by atoms with Crippen LogP contribution in [0.4, 0.5) is 5.13 Å². The number of carbonyl (C=O) groups is 1. The molecule has 0 spiro atoms. The molecule has 0 aliphatic heterocycles. The summed E-state index contributed by atoms with van der Waals surface area (Å²) in [6.07, 6.45) is 2.27. The number of hydrogen-bond donors (Lipinski definition) is 3. The molecule has 1 heterocycles. The van der Waals surface area contributed by atoms with Crippen LogP contribution in [0.3, 0.4) is 0 Å². The number of nitrogens with one attached hydrogen (secondary N) is 2. The van der Waals surface area contributed by atoms with Crippen molar-refractivity contribution in [2.24, 2.45) is 0 Å². The van der Waals surface area contributed by atoms with Gasteiger partial charge in [0, 0.05) is 13.0 Å². The van der Waals surface area contributed by atoms with E-state index in [-0.39, 0.29) is 15.4 Å². The zero-order chi connectivity index (χ0) is 14.8. The van der Waals surface area contributed by atoms with Crippen LogP contribution in [0.5, 0.6) is 0 Å². The molecule has 1 aliphatic rings. The molecule has 10 heteroatoms. The number of rotatable bonds is 4. The van der Waals surface area contributed by atoms with Crippen molar-refractivity contribution < 1.29 is 18.3 Å². The zero-order valence-electron chi connectivity index (χ0n) is 10.9. The Balaban J connectivity index is 2.09. The van der Waals surface area contributed by atoms with Gasteiger partial charge >= 0.3 is 0 Å². The largest absolute Gasteiger partial charge is 0.391 e. The molecule has 1 aromatic heterocycles. The minimum atomic E-state index is -3.82. The Morgan fingerprint density at radius 2 is 2.05 bits per heavy atom. The third-order valence-electron chi connectivity index (χ3n) is 2.96. The molecular weight excluding hydrogens is 304 g/mol. The van der Waals surface area contributed by atoms with Gasteiger partial charge in [0.25, 0.3) is 10.0 Å². The number of nitrogens with zero attached hydrogens (tertiary/aromatic N) is 2. The molecule has 3 N–H and O–H groups in total. The van der Waals surface area contributed by atoms with Gasteiger partial charge in [-0.1, -0.05) is 24.2 Å². The summed E-state index contributed by atoms with van der Waals surface area (Å²) in [6.45, 7) is 1.30. The number of hydrogen-bond acceptors (Lipinski definition) is 7. The van der Waals surface area contributed by atoms with Crippen LogP contribution in [-0.2, 0) is 14.8 Å². The summed E-state index contributed by atoms with van der Waals surface area (Å²) in [5.41, 5.74) is 0. The van der Waals surface area contributed by atoms with Gasteiger partial charge in [0.1, 0.15) is 0 Å². The van der Waals surface area contributed by atoms with E-state index < -0.39 is 22.2 Å². The van der Waals surface area contributed by atoms with Crippen LogP contribution in [-0.4, -0.2) is 41.8 Å². The summed E-state index contributed by atoms with van der Waals surface area (Å²) < 4.78 is 26.5. The van der Waals surface area contributed by atoms with Crippen LogP contribution in [0, 0.1) is 0 Å². The molecule has 1 aromatic rings. The zero-order valence-corrected chi connectivity index (χ0v) is 12.5. The van der Waals surface area contributed by atoms with Crippen LogP contribution in [0.2, 0.25) is 0 Å². The molecule has 20 heavy (non-hydrogen) atoms. The van der Waals surface area contributed by atoms with E-state index in [1.807, 2.05) is 0 Å². The lowest BCUT2D eigenvalue weighted by atomic mass is 9.93. The second-order valence-electron chi connectivity index (χ2n) is 4.63. The fourth-order valence-electron chi connectivity index (χ4n) is 2.02. The van der Waals surface area contributed by atoms with Crippen molar-refractivity contribution in [1.29, 1.82) is 0 Å². The number of aliphatic hydroxyl groups is 1. The fraction of sp³-hybridized carbons (Fsp3) is 0.700. The van der Waals surface area contributed by atoms with Crippen molar-refractivity contribution in [3.63, 3.8) is 0 Å². The molecule has 112 valence electrons. The third-order valence-corrected chi connectivity index (χ3v) is 5.65. The van der Waals surface area contributed by atoms with E-state index in [1.165, 1.54) is 6.92 Å². The van der Waals surface area contributed by atoms with Crippen LogP contribution in [0.25, 0.3) is 0 Å². The molecule has 0 radical (unpaired) electrons. The second-order valence-corrected chi connectivity index (χ2v) is 7.50. The molecule has 0 aromatic carbocycles. The van der Waals surface area contributed by atoms with Crippen LogP contribution in [0.1, 0.15) is 32.6 Å². The second kappa shape index (κ2) is 6.12. The number of aromatic nitrogens is 2. The number of amides is 1. The van der Waals surface area contributed by atoms with Crippen molar-refractivity contribution in [3.05, 3.63) is 0 Å². The summed E-state index contributed by atoms with van der Waals surface area (Å²) in [6, 6.07) is -0.498. The highest BCUT2D eigenvalue weighted by molar-refractivity contribution is 7.91. The Morgan fingerprint density at radius 3 is 2.70 bits per heavy atom. The Morgan fingerprint density at radius 1 is 1.35 bits per heavy atom. The van der Waals surface area contributed by atoms with Crippen molar-refractivity contribution in [3.8, 4) is 0 Å². The van der Waals surface area contributed by atoms with Crippen LogP contribution < -0.4 is 10.0 Å². The average Bonchev–Trinajstić information content (AvgIpc) is 2.80. The quantitative estimate of drug-likeness (QED) is 0.675. The molecule has 0 saturated heterocycles. The number of aliphatic hydroxyl groups excluding tert-OH is 1. The SMILES string of the molecule is CC(=O)Nc1nnc(S(=O)(=O)N[C@H]2CCCC[C@@H]2O)s1. The molecule has 0 unspecified atom stereocenters. The van der Waals surface area contributed by atoms with Gasteiger partial charge < -0.3 is 10.4 Å². The first-order chi connectivity index (χ1) is 9.38. The van der Waals surface area contributed by atoms with Gasteiger partial charge in [-0.3, -0.25) is 4.79 Å². The first-order valence-electron chi connectivity index (χ1n) is 6.20. The summed E-state index contributed by atoms with van der Waals surface area (Å²) >= 11 is 0.772. The van der Waals surface area contributed by atoms with E-state index in [0.717, 1.165) is 24.2 Å². The molecule has 2 rings (SSSR count). The summed E-state index contributed by atoms with van der Waals surface area (Å²) in [4.78, 5) is 10.9. The molecule has 2 atom stereocenters. The predicted molar refractivity (Wildman–Crippen MR) is 72.8 cm³/mol. The third kappa shape index (κ3) is 3.72. The van der Waals surface area contributed by atoms with E-state index in [1.54, 1.807) is 0 Å². The summed E-state index contributed by atoms with van der Waals surface area (Å²) in [5.74, 6) is -0.347. The van der Waals surface area contributed by atoms with Crippen LogP contribution >= 0.6 is 11.3 Å². The highest BCUT2D eigenvalue weighted by atomic mass is 32.2. The molecule has 1 amide bonds. The average molecular weight is 320 g/mol. The molecule has 1 saturated carbocycles. The van der Waals surface area contributed by atoms with Crippen molar-refractivity contribution in [2.75, 3.05) is 5.32 Å². The Hall–Kier alpha value is -1.10. The highest BCUT2D eigenvalue weighted by Crippen LogP contribution is 2.23. The van der Waals surface area contributed by atoms with E-state index in [9.17, 15) is 18.3 Å². The maximum Gasteiger partial charge on any atom is 0.270 e. The topological polar surface area (TPSA) is 121 Å². The van der Waals surface area contributed by atoms with Gasteiger partial charge in [0.05, 0.1) is 6.10 Å². The van der Waals surface area contributed by atoms with Gasteiger partial charge in [0.15, 0.2) is 0 Å². The van der Waals surface area contributed by atoms with E-state index in [4.69, 9.17) is 0 Å². The Labute approximate surface area is 120 Å². The molecule has 1 aliphatic carbocycles. The Kier molecular flexibility index (Phi) is 4.68. The van der Waals surface area contributed by atoms with E-state index in [0.29, 0.717) is 12.8 Å². The highest BCUT2D eigenvalue weighted by Gasteiger charge is 2.30. The van der Waals surface area contributed by atoms with Crippen molar-refractivity contribution >= 4 is 32.4 Å². The standard InChI is InChI=1S/C10H16N4O4S2/c1-6(15)11-9-12-13-10(19-9)20(17,18)14-7-4-2-3-5-8(7)16/h7-8,14,16H,2-5H2,1H3,(H,11,12,15)/t7-,8-/m0/s1. The maximum atomic E-state index is 12.1. The Bertz CT molecular complexity index is 586. The van der Waals surface area contributed by atoms with Crippen molar-refractivity contribution in [2.45, 2.75) is 49.1 Å². The number of sulfonamides is 1. The van der Waals surface area contributed by atoms with Crippen LogP contribution in [0.15, 0.2) is 4.34 Å². The number of anilines is 1. The minimum absolute atomic E-state index is 0.127. The maximum absolute atomic E-state index is 12.1. The smallest absolute Gasteiger partial charge is 0.270 e. The summed E-state index contributed by atoms with van der Waals surface area (Å²) in [7, 11) is -3.82. The van der Waals surface area contributed by atoms with Gasteiger partial charge in [-0.2, -0.15) is 0 Å². The molecular formula is C10H16N4O4S2. The lowest BCUT2D eigenvalue weighted by Crippen LogP contribution is -2.44. The first-order valence-corrected chi connectivity index (χ1v) is 8.50.